The first kappa shape index (κ1) is 14.7. The van der Waals surface area contributed by atoms with Gasteiger partial charge in [0.1, 0.15) is 0 Å². The SMILES string of the molecule is CN1CCSC1=NC(=Nc1ccccc1Cl)N1CCCC1. The predicted octanol–water partition coefficient (Wildman–Crippen LogP) is 3.46. The number of nitrogens with zero attached hydrogens (tertiary/aromatic N) is 4. The molecule has 0 saturated carbocycles. The summed E-state index contributed by atoms with van der Waals surface area (Å²) in [5.74, 6) is 1.88. The van der Waals surface area contributed by atoms with Crippen LogP contribution in [0.5, 0.6) is 0 Å². The van der Waals surface area contributed by atoms with Crippen LogP contribution < -0.4 is 0 Å². The Morgan fingerprint density at radius 3 is 2.62 bits per heavy atom. The Hall–Kier alpha value is -1.20. The van der Waals surface area contributed by atoms with Crippen molar-refractivity contribution in [2.45, 2.75) is 12.8 Å². The van der Waals surface area contributed by atoms with Crippen LogP contribution in [0.25, 0.3) is 0 Å². The van der Waals surface area contributed by atoms with Gasteiger partial charge in [-0.3, -0.25) is 0 Å². The zero-order valence-electron chi connectivity index (χ0n) is 12.1. The van der Waals surface area contributed by atoms with Crippen LogP contribution in [0.4, 0.5) is 5.69 Å². The average molecular weight is 323 g/mol. The normalized spacial score (nSPS) is 21.6. The molecule has 112 valence electrons. The fraction of sp³-hybridized carbons (Fsp3) is 0.467. The molecule has 2 fully saturated rings. The van der Waals surface area contributed by atoms with Gasteiger partial charge in [-0.2, -0.15) is 4.99 Å². The van der Waals surface area contributed by atoms with E-state index in [1.54, 1.807) is 11.8 Å². The lowest BCUT2D eigenvalue weighted by molar-refractivity contribution is 0.510. The van der Waals surface area contributed by atoms with Gasteiger partial charge < -0.3 is 9.80 Å². The summed E-state index contributed by atoms with van der Waals surface area (Å²) >= 11 is 8.02. The van der Waals surface area contributed by atoms with Crippen molar-refractivity contribution in [3.63, 3.8) is 0 Å². The second-order valence-electron chi connectivity index (χ2n) is 5.22. The quantitative estimate of drug-likeness (QED) is 0.586. The molecule has 1 aromatic rings. The van der Waals surface area contributed by atoms with Crippen LogP contribution >= 0.6 is 23.4 Å². The zero-order valence-corrected chi connectivity index (χ0v) is 13.7. The third-order valence-electron chi connectivity index (χ3n) is 3.64. The van der Waals surface area contributed by atoms with Gasteiger partial charge in [-0.25, -0.2) is 4.99 Å². The molecular formula is C15H19ClN4S. The van der Waals surface area contributed by atoms with Gasteiger partial charge in [0.15, 0.2) is 5.17 Å². The number of hydrogen-bond donors (Lipinski definition) is 0. The molecule has 21 heavy (non-hydrogen) atoms. The van der Waals surface area contributed by atoms with Crippen molar-refractivity contribution in [3.05, 3.63) is 29.3 Å². The number of rotatable bonds is 1. The fourth-order valence-corrected chi connectivity index (χ4v) is 3.60. The maximum absolute atomic E-state index is 6.23. The number of benzene rings is 1. The van der Waals surface area contributed by atoms with Crippen molar-refractivity contribution in [2.75, 3.05) is 32.4 Å². The summed E-state index contributed by atoms with van der Waals surface area (Å²) < 4.78 is 0. The highest BCUT2D eigenvalue weighted by atomic mass is 35.5. The summed E-state index contributed by atoms with van der Waals surface area (Å²) in [6, 6.07) is 7.68. The monoisotopic (exact) mass is 322 g/mol. The smallest absolute Gasteiger partial charge is 0.228 e. The van der Waals surface area contributed by atoms with Gasteiger partial charge in [-0.1, -0.05) is 35.5 Å². The predicted molar refractivity (Wildman–Crippen MR) is 91.9 cm³/mol. The topological polar surface area (TPSA) is 31.2 Å². The molecular weight excluding hydrogens is 304 g/mol. The highest BCUT2D eigenvalue weighted by Gasteiger charge is 2.21. The summed E-state index contributed by atoms with van der Waals surface area (Å²) in [5.41, 5.74) is 0.788. The molecule has 0 atom stereocenters. The molecule has 4 nitrogen and oxygen atoms in total. The van der Waals surface area contributed by atoms with E-state index in [2.05, 4.69) is 16.8 Å². The number of aliphatic imine (C=N–C) groups is 2. The maximum Gasteiger partial charge on any atom is 0.228 e. The number of guanidine groups is 1. The summed E-state index contributed by atoms with van der Waals surface area (Å²) in [5, 5.41) is 1.72. The summed E-state index contributed by atoms with van der Waals surface area (Å²) in [6.45, 7) is 3.09. The third kappa shape index (κ3) is 3.52. The Kier molecular flexibility index (Phi) is 4.70. The van der Waals surface area contributed by atoms with Crippen LogP contribution in [0.3, 0.4) is 0 Å². The van der Waals surface area contributed by atoms with E-state index in [-0.39, 0.29) is 0 Å². The standard InChI is InChI=1S/C15H19ClN4S/c1-19-10-11-21-15(19)18-14(20-8-4-5-9-20)17-13-7-3-2-6-12(13)16/h2-3,6-7H,4-5,8-11H2,1H3. The van der Waals surface area contributed by atoms with Crippen LogP contribution in [-0.2, 0) is 0 Å². The Bertz CT molecular complexity index is 567. The minimum Gasteiger partial charge on any atom is -0.353 e. The first-order valence-electron chi connectivity index (χ1n) is 7.25. The van der Waals surface area contributed by atoms with Crippen LogP contribution in [0.15, 0.2) is 34.3 Å². The van der Waals surface area contributed by atoms with Crippen LogP contribution in [0.2, 0.25) is 5.02 Å². The number of amidine groups is 1. The Labute approximate surface area is 134 Å². The Balaban J connectivity index is 1.94. The van der Waals surface area contributed by atoms with Gasteiger partial charge in [0, 0.05) is 32.4 Å². The van der Waals surface area contributed by atoms with E-state index in [0.29, 0.717) is 5.02 Å². The molecule has 0 bridgehead atoms. The minimum absolute atomic E-state index is 0.668. The molecule has 2 heterocycles. The summed E-state index contributed by atoms with van der Waals surface area (Å²) in [4.78, 5) is 14.0. The molecule has 0 unspecified atom stereocenters. The Morgan fingerprint density at radius 2 is 1.95 bits per heavy atom. The highest BCUT2D eigenvalue weighted by Crippen LogP contribution is 2.26. The molecule has 0 aromatic heterocycles. The molecule has 0 N–H and O–H groups in total. The number of hydrogen-bond acceptors (Lipinski definition) is 2. The van der Waals surface area contributed by atoms with Crippen molar-refractivity contribution < 1.29 is 0 Å². The highest BCUT2D eigenvalue weighted by molar-refractivity contribution is 8.14. The second kappa shape index (κ2) is 6.71. The maximum atomic E-state index is 6.23. The molecule has 0 amide bonds. The van der Waals surface area contributed by atoms with E-state index in [1.807, 2.05) is 24.3 Å². The molecule has 1 aromatic carbocycles. The molecule has 0 radical (unpaired) electrons. The molecule has 0 aliphatic carbocycles. The summed E-state index contributed by atoms with van der Waals surface area (Å²) in [6.07, 6.45) is 2.41. The van der Waals surface area contributed by atoms with Crippen LogP contribution in [-0.4, -0.2) is 53.4 Å². The Morgan fingerprint density at radius 1 is 1.19 bits per heavy atom. The van der Waals surface area contributed by atoms with Gasteiger partial charge >= 0.3 is 0 Å². The lowest BCUT2D eigenvalue weighted by Gasteiger charge is -2.18. The summed E-state index contributed by atoms with van der Waals surface area (Å²) in [7, 11) is 2.08. The molecule has 6 heteroatoms. The zero-order chi connectivity index (χ0) is 14.7. The molecule has 3 rings (SSSR count). The molecule has 2 aliphatic rings. The molecule has 2 saturated heterocycles. The average Bonchev–Trinajstić information content (AvgIpc) is 3.13. The van der Waals surface area contributed by atoms with Crippen molar-refractivity contribution >= 4 is 40.2 Å². The van der Waals surface area contributed by atoms with Gasteiger partial charge in [0.2, 0.25) is 5.96 Å². The van der Waals surface area contributed by atoms with E-state index in [0.717, 1.165) is 42.2 Å². The number of para-hydroxylation sites is 1. The second-order valence-corrected chi connectivity index (χ2v) is 6.69. The van der Waals surface area contributed by atoms with E-state index >= 15 is 0 Å². The molecule has 0 spiro atoms. The van der Waals surface area contributed by atoms with Crippen LogP contribution in [0.1, 0.15) is 12.8 Å². The van der Waals surface area contributed by atoms with E-state index in [9.17, 15) is 0 Å². The van der Waals surface area contributed by atoms with Gasteiger partial charge in [-0.05, 0) is 25.0 Å². The van der Waals surface area contributed by atoms with Crippen LogP contribution in [0, 0.1) is 0 Å². The lowest BCUT2D eigenvalue weighted by atomic mass is 10.3. The van der Waals surface area contributed by atoms with Gasteiger partial charge in [0.25, 0.3) is 0 Å². The largest absolute Gasteiger partial charge is 0.353 e. The first-order valence-corrected chi connectivity index (χ1v) is 8.61. The van der Waals surface area contributed by atoms with Crippen molar-refractivity contribution in [1.82, 2.24) is 9.80 Å². The van der Waals surface area contributed by atoms with Crippen molar-refractivity contribution in [1.29, 1.82) is 0 Å². The van der Waals surface area contributed by atoms with Crippen molar-refractivity contribution in [2.24, 2.45) is 9.98 Å². The minimum atomic E-state index is 0.668. The number of thioether (sulfide) groups is 1. The first-order chi connectivity index (χ1) is 10.2. The van der Waals surface area contributed by atoms with Gasteiger partial charge in [0.05, 0.1) is 10.7 Å². The van der Waals surface area contributed by atoms with E-state index < -0.39 is 0 Å². The fourth-order valence-electron chi connectivity index (χ4n) is 2.42. The lowest BCUT2D eigenvalue weighted by Crippen LogP contribution is -2.29. The third-order valence-corrected chi connectivity index (χ3v) is 5.01. The number of likely N-dealkylation sites (tertiary alicyclic amines) is 1. The molecule has 2 aliphatic heterocycles. The van der Waals surface area contributed by atoms with E-state index in [1.165, 1.54) is 12.8 Å². The van der Waals surface area contributed by atoms with Gasteiger partial charge in [-0.15, -0.1) is 0 Å². The van der Waals surface area contributed by atoms with E-state index in [4.69, 9.17) is 21.6 Å². The number of halogens is 1. The van der Waals surface area contributed by atoms with Crippen molar-refractivity contribution in [3.8, 4) is 0 Å².